The van der Waals surface area contributed by atoms with E-state index in [1.54, 1.807) is 32.9 Å². The van der Waals surface area contributed by atoms with Gasteiger partial charge in [0.2, 0.25) is 11.8 Å². The molecule has 15 nitrogen and oxygen atoms in total. The van der Waals surface area contributed by atoms with Crippen LogP contribution in [0.5, 0.6) is 0 Å². The summed E-state index contributed by atoms with van der Waals surface area (Å²) in [6.45, 7) is 4.89. The Kier molecular flexibility index (Phi) is 12.1. The summed E-state index contributed by atoms with van der Waals surface area (Å²) < 4.78 is 54.5. The molecule has 6 rings (SSSR count). The van der Waals surface area contributed by atoms with Crippen LogP contribution in [-0.4, -0.2) is 89.0 Å². The summed E-state index contributed by atoms with van der Waals surface area (Å²) in [5.74, 6) is -3.27. The molecule has 5 atom stereocenters. The lowest BCUT2D eigenvalue weighted by atomic mass is 10.0. The van der Waals surface area contributed by atoms with Gasteiger partial charge in [0, 0.05) is 18.5 Å². The molecular formula is C37H45Cl2FN6O9S. The second-order valence-corrected chi connectivity index (χ2v) is 18.1. The highest BCUT2D eigenvalue weighted by Gasteiger charge is 2.62. The van der Waals surface area contributed by atoms with Crippen molar-refractivity contribution in [1.29, 1.82) is 0 Å². The van der Waals surface area contributed by atoms with E-state index in [1.165, 1.54) is 21.9 Å². The number of nitrogens with one attached hydrogen (secondary N) is 3. The zero-order valence-electron chi connectivity index (χ0n) is 31.2. The van der Waals surface area contributed by atoms with Gasteiger partial charge in [-0.1, -0.05) is 67.4 Å². The number of pyridine rings is 1. The highest BCUT2D eigenvalue weighted by Crippen LogP contribution is 2.48. The van der Waals surface area contributed by atoms with Gasteiger partial charge in [0.1, 0.15) is 45.2 Å². The highest BCUT2D eigenvalue weighted by molar-refractivity contribution is 7.90. The summed E-state index contributed by atoms with van der Waals surface area (Å²) in [4.78, 5) is 74.8. The zero-order valence-corrected chi connectivity index (χ0v) is 33.6. The van der Waals surface area contributed by atoms with Gasteiger partial charge in [0.05, 0.1) is 13.1 Å². The number of aromatic nitrogens is 1. The fraction of sp³-hybridized carbons (Fsp3) is 0.568. The van der Waals surface area contributed by atoms with E-state index >= 15 is 0 Å². The van der Waals surface area contributed by atoms with Crippen molar-refractivity contribution in [2.24, 2.45) is 5.92 Å². The number of carbonyl (C=O) groups is 5. The molecule has 1 saturated carbocycles. The Morgan fingerprint density at radius 1 is 1.02 bits per heavy atom. The number of hydrogen-bond donors (Lipinski definition) is 3. The van der Waals surface area contributed by atoms with E-state index in [2.05, 4.69) is 20.3 Å². The average molecular weight is 840 g/mol. The van der Waals surface area contributed by atoms with Crippen molar-refractivity contribution in [2.45, 2.75) is 126 Å². The first-order chi connectivity index (χ1) is 26.4. The number of benzene rings is 1. The number of ether oxygens (including phenoxy) is 2. The number of fused-ring (bicyclic) bond motifs is 3. The molecule has 19 heteroatoms. The Balaban J connectivity index is 1.26. The highest BCUT2D eigenvalue weighted by atomic mass is 35.5. The molecule has 3 aliphatic heterocycles. The first kappa shape index (κ1) is 41.4. The lowest BCUT2D eigenvalue weighted by Crippen LogP contribution is -2.58. The van der Waals surface area contributed by atoms with Gasteiger partial charge >= 0.3 is 12.2 Å². The molecule has 2 saturated heterocycles. The minimum absolute atomic E-state index is 0.0266. The maximum Gasteiger partial charge on any atom is 0.410 e. The van der Waals surface area contributed by atoms with E-state index in [4.69, 9.17) is 32.7 Å². The van der Waals surface area contributed by atoms with Crippen molar-refractivity contribution < 1.29 is 46.3 Å². The molecule has 1 aliphatic carbocycles. The van der Waals surface area contributed by atoms with Crippen LogP contribution >= 0.6 is 23.2 Å². The SMILES string of the molecule is CC(C)(C)OC(=O)N[C@H]1CCCCCCC[C@H]2C[C@@]2(C(=O)NS(=O)(=O)c2ccc(Cl)nc2Cl)NC(=O)[C@@H]2C[C@@H](OC(=O)N3Cc4cccc(F)c4C3)CN2C1=O. The molecule has 5 amide bonds. The standard InChI is InChI=1S/C37H45Cl2FN6O9S/c1-36(2,3)55-34(50)41-26-13-8-6-4-5-7-11-22-17-37(22,33(49)44-56(52,53)28-14-15-29(38)42-30(28)39)43-31(47)27-16-23(19-46(27)32(26)48)54-35(51)45-18-21-10-9-12-25(40)24(21)20-45/h9-10,12,14-15,22-23,26-27H,4-8,11,13,16-20H2,1-3H3,(H,41,50)(H,43,47)(H,44,49)/t22-,23+,26-,27-,37+/m0/s1. The third kappa shape index (κ3) is 9.31. The molecule has 56 heavy (non-hydrogen) atoms. The Hall–Kier alpha value is -4.22. The summed E-state index contributed by atoms with van der Waals surface area (Å²) in [7, 11) is -4.57. The van der Waals surface area contributed by atoms with Gasteiger partial charge in [-0.15, -0.1) is 0 Å². The number of hydrogen-bond acceptors (Lipinski definition) is 10. The number of alkyl carbamates (subject to hydrolysis) is 1. The molecular weight excluding hydrogens is 794 g/mol. The number of nitrogens with zero attached hydrogens (tertiary/aromatic N) is 3. The van der Waals surface area contributed by atoms with Gasteiger partial charge in [0.15, 0.2) is 5.15 Å². The molecule has 0 radical (unpaired) electrons. The summed E-state index contributed by atoms with van der Waals surface area (Å²) in [6, 6.07) is 4.47. The number of amides is 5. The maximum atomic E-state index is 14.5. The summed E-state index contributed by atoms with van der Waals surface area (Å²) >= 11 is 11.9. The van der Waals surface area contributed by atoms with E-state index in [0.717, 1.165) is 25.3 Å². The Morgan fingerprint density at radius 2 is 1.73 bits per heavy atom. The lowest BCUT2D eigenvalue weighted by Gasteiger charge is -2.30. The Morgan fingerprint density at radius 3 is 2.43 bits per heavy atom. The average Bonchev–Trinajstić information content (AvgIpc) is 3.40. The number of rotatable bonds is 5. The van der Waals surface area contributed by atoms with Crippen LogP contribution in [0, 0.1) is 11.7 Å². The van der Waals surface area contributed by atoms with E-state index in [1.807, 2.05) is 0 Å². The van der Waals surface area contributed by atoms with E-state index < -0.39 is 91.0 Å². The second-order valence-electron chi connectivity index (χ2n) is 15.7. The quantitative estimate of drug-likeness (QED) is 0.347. The van der Waals surface area contributed by atoms with Crippen molar-refractivity contribution in [3.05, 3.63) is 57.6 Å². The first-order valence-electron chi connectivity index (χ1n) is 18.6. The number of carbonyl (C=O) groups excluding carboxylic acids is 5. The molecule has 1 aromatic heterocycles. The lowest BCUT2D eigenvalue weighted by molar-refractivity contribution is -0.141. The predicted molar refractivity (Wildman–Crippen MR) is 200 cm³/mol. The fourth-order valence-electron chi connectivity index (χ4n) is 7.62. The minimum atomic E-state index is -4.57. The molecule has 0 spiro atoms. The first-order valence-corrected chi connectivity index (χ1v) is 20.8. The van der Waals surface area contributed by atoms with Crippen LogP contribution in [0.3, 0.4) is 0 Å². The zero-order chi connectivity index (χ0) is 40.6. The molecule has 4 heterocycles. The molecule has 0 unspecified atom stereocenters. The molecule has 4 aliphatic rings. The number of halogens is 3. The maximum absolute atomic E-state index is 14.5. The molecule has 3 N–H and O–H groups in total. The monoisotopic (exact) mass is 838 g/mol. The largest absolute Gasteiger partial charge is 0.444 e. The Bertz CT molecular complexity index is 2020. The van der Waals surface area contributed by atoms with Crippen LogP contribution in [0.4, 0.5) is 14.0 Å². The van der Waals surface area contributed by atoms with Crippen LogP contribution in [0.15, 0.2) is 35.2 Å². The van der Waals surface area contributed by atoms with Gasteiger partial charge in [-0.2, -0.15) is 0 Å². The predicted octanol–water partition coefficient (Wildman–Crippen LogP) is 4.97. The van der Waals surface area contributed by atoms with E-state index in [9.17, 15) is 36.8 Å². The molecule has 2 aromatic rings. The smallest absolute Gasteiger partial charge is 0.410 e. The van der Waals surface area contributed by atoms with E-state index in [0.29, 0.717) is 30.4 Å². The van der Waals surface area contributed by atoms with Crippen molar-refractivity contribution >= 4 is 63.1 Å². The van der Waals surface area contributed by atoms with Crippen LogP contribution in [0.25, 0.3) is 0 Å². The van der Waals surface area contributed by atoms with Crippen LogP contribution in [0.1, 0.15) is 89.7 Å². The van der Waals surface area contributed by atoms with Crippen LogP contribution in [0.2, 0.25) is 10.3 Å². The molecule has 304 valence electrons. The second kappa shape index (κ2) is 16.3. The van der Waals surface area contributed by atoms with Gasteiger partial charge in [-0.25, -0.2) is 32.1 Å². The van der Waals surface area contributed by atoms with Gasteiger partial charge in [-0.05, 0) is 69.7 Å². The molecule has 1 aromatic carbocycles. The molecule has 3 fully saturated rings. The van der Waals surface area contributed by atoms with Crippen molar-refractivity contribution in [3.8, 4) is 0 Å². The van der Waals surface area contributed by atoms with Crippen LogP contribution in [-0.2, 0) is 47.0 Å². The summed E-state index contributed by atoms with van der Waals surface area (Å²) in [6.07, 6.45) is 1.63. The van der Waals surface area contributed by atoms with Gasteiger partial charge in [-0.3, -0.25) is 19.3 Å². The van der Waals surface area contributed by atoms with Crippen molar-refractivity contribution in [3.63, 3.8) is 0 Å². The number of sulfonamides is 1. The topological polar surface area (TPSA) is 193 Å². The summed E-state index contributed by atoms with van der Waals surface area (Å²) in [5, 5.41) is 4.93. The van der Waals surface area contributed by atoms with Crippen molar-refractivity contribution in [2.75, 3.05) is 6.54 Å². The fourth-order valence-corrected chi connectivity index (χ4v) is 9.32. The third-order valence-corrected chi connectivity index (χ3v) is 12.5. The molecule has 0 bridgehead atoms. The van der Waals surface area contributed by atoms with Gasteiger partial charge in [0.25, 0.3) is 15.9 Å². The normalized spacial score (nSPS) is 25.8. The third-order valence-electron chi connectivity index (χ3n) is 10.5. The van der Waals surface area contributed by atoms with Crippen molar-refractivity contribution in [1.82, 2.24) is 30.1 Å². The Labute approximate surface area is 334 Å². The van der Waals surface area contributed by atoms with Gasteiger partial charge < -0.3 is 25.0 Å². The minimum Gasteiger partial charge on any atom is -0.444 e. The van der Waals surface area contributed by atoms with E-state index in [-0.39, 0.29) is 44.0 Å². The summed E-state index contributed by atoms with van der Waals surface area (Å²) in [5.41, 5.74) is -1.52. The van der Waals surface area contributed by atoms with Crippen LogP contribution < -0.4 is 15.4 Å².